The third-order valence-electron chi connectivity index (χ3n) is 24.2. The highest BCUT2D eigenvalue weighted by atomic mass is 19.3. The minimum absolute atomic E-state index is 0.116. The number of benzene rings is 5. The Labute approximate surface area is 786 Å². The number of aromatic nitrogens is 8. The summed E-state index contributed by atoms with van der Waals surface area (Å²) in [5.74, 6) is -2.66. The van der Waals surface area contributed by atoms with E-state index in [0.29, 0.717) is 85.9 Å². The summed E-state index contributed by atoms with van der Waals surface area (Å²) in [5, 5.41) is 26.6. The van der Waals surface area contributed by atoms with Gasteiger partial charge in [0.05, 0.1) is 66.8 Å². The first-order valence-electron chi connectivity index (χ1n) is 44.9. The summed E-state index contributed by atoms with van der Waals surface area (Å²) in [7, 11) is 4.22. The number of nitrogens with one attached hydrogen (secondary N) is 5. The standard InChI is InChI=1S/C21H22F2N4O3.C21H22FN3O2.C20H20F2N4O3.C20H20FN3O2.C19H18F2N4O/c1-13-11-26(8-7-24-13)15-4-6-19-25-16(10-20(28)27(19)12-15)14-3-5-17(29-2)18(9-14)30-21(22)23;1-14-12-24(8-7-23-14)18-5-4-17-9-16(11-21(26)25(17)13-18)15-3-6-20(27-2)19(22)10-15;1-12-10-25(7-6-23-12)14-3-5-18-24-15(9-19(28)26(18)11-14)13-2-4-16(27)17(8-13)29-20(21)22;1-26-19-5-2-14(11-18(19)21)15-10-16-3-4-17(13-24(16)20(25)12-15)23-8-6-22-7-9-23;1-12-10-24(5-4-22-12)16-2-3-18-23-17(9-19(26)25(18)11-16)13-6-14(20)8-15(21)7-13/h3-6,9-10,12-13,21,24H,7-8,11H2,1-2H3;3-6,9-11,13-14,23H,7-8,12H2,1-2H3;2-5,8-9,11-12,20,23,27H,6-7,10H2,1H3;2-5,10-13,22H,6-9H2,1H3;2-3,6-9,11-12,22H,4-5,10H2,1H3/t13-;14-;12-;;12-/m000.0/s1. The molecule has 0 spiro atoms. The van der Waals surface area contributed by atoms with Gasteiger partial charge in [0.2, 0.25) is 0 Å². The Hall–Kier alpha value is -14.9. The van der Waals surface area contributed by atoms with Crippen LogP contribution in [0.1, 0.15) is 27.7 Å². The number of hydrogen-bond acceptors (Lipinski definition) is 24. The van der Waals surface area contributed by atoms with Gasteiger partial charge in [-0.3, -0.25) is 46.0 Å². The number of alkyl halides is 4. The molecule has 0 amide bonds. The maximum absolute atomic E-state index is 14.0. The van der Waals surface area contributed by atoms with Crippen molar-refractivity contribution in [1.29, 1.82) is 0 Å². The van der Waals surface area contributed by atoms with E-state index in [1.807, 2.05) is 67.0 Å². The Morgan fingerprint density at radius 2 is 0.645 bits per heavy atom. The zero-order chi connectivity index (χ0) is 97.1. The first kappa shape index (κ1) is 96.2. The number of phenols is 1. The lowest BCUT2D eigenvalue weighted by Gasteiger charge is -2.33. The predicted molar refractivity (Wildman–Crippen MR) is 517 cm³/mol. The Morgan fingerprint density at radius 3 is 1.02 bits per heavy atom. The number of halogens is 8. The number of rotatable bonds is 17. The van der Waals surface area contributed by atoms with Gasteiger partial charge in [0.15, 0.2) is 46.1 Å². The highest BCUT2D eigenvalue weighted by molar-refractivity contribution is 5.74. The lowest BCUT2D eigenvalue weighted by molar-refractivity contribution is -0.0518. The summed E-state index contributed by atoms with van der Waals surface area (Å²) in [4.78, 5) is 87.9. The third-order valence-corrected chi connectivity index (χ3v) is 24.2. The second-order valence-electron chi connectivity index (χ2n) is 33.9. The quantitative estimate of drug-likeness (QED) is 0.0462. The average Bonchev–Trinajstić information content (AvgIpc) is 0.799. The highest BCUT2D eigenvalue weighted by Crippen LogP contribution is 2.37. The van der Waals surface area contributed by atoms with Gasteiger partial charge in [-0.25, -0.2) is 32.5 Å². The summed E-state index contributed by atoms with van der Waals surface area (Å²) in [6.45, 7) is 16.6. The molecule has 15 aromatic rings. The van der Waals surface area contributed by atoms with Crippen LogP contribution in [0.15, 0.2) is 249 Å². The smallest absolute Gasteiger partial charge is 0.387 e. The molecule has 10 aromatic heterocycles. The van der Waals surface area contributed by atoms with Crippen molar-refractivity contribution in [1.82, 2.24) is 63.5 Å². The maximum atomic E-state index is 14.0. The van der Waals surface area contributed by atoms with Crippen molar-refractivity contribution in [3.05, 3.63) is 300 Å². The van der Waals surface area contributed by atoms with E-state index in [1.165, 1.54) is 101 Å². The normalized spacial score (nSPS) is 16.7. The summed E-state index contributed by atoms with van der Waals surface area (Å²) >= 11 is 0. The third kappa shape index (κ3) is 22.9. The molecule has 0 aliphatic carbocycles. The number of pyridine rings is 7. The molecule has 5 fully saturated rings. The molecule has 5 aromatic carbocycles. The lowest BCUT2D eigenvalue weighted by atomic mass is 10.1. The number of nitrogens with zero attached hydrogens (tertiary/aromatic N) is 13. The second-order valence-corrected chi connectivity index (χ2v) is 33.9. The van der Waals surface area contributed by atoms with Crippen molar-refractivity contribution in [2.75, 3.05) is 151 Å². The van der Waals surface area contributed by atoms with Crippen LogP contribution in [0.2, 0.25) is 0 Å². The van der Waals surface area contributed by atoms with E-state index in [0.717, 1.165) is 162 Å². The molecule has 5 saturated heterocycles. The van der Waals surface area contributed by atoms with Gasteiger partial charge in [0.25, 0.3) is 27.8 Å². The van der Waals surface area contributed by atoms with Crippen molar-refractivity contribution in [2.24, 2.45) is 0 Å². The molecular formula is C101H102F8N18O11. The molecule has 0 radical (unpaired) electrons. The van der Waals surface area contributed by atoms with Crippen LogP contribution in [-0.2, 0) is 0 Å². The van der Waals surface area contributed by atoms with Gasteiger partial charge < -0.3 is 79.9 Å². The molecule has 5 aliphatic rings. The molecule has 15 heterocycles. The van der Waals surface area contributed by atoms with Crippen molar-refractivity contribution in [3.63, 3.8) is 0 Å². The van der Waals surface area contributed by atoms with E-state index in [9.17, 15) is 64.2 Å². The van der Waals surface area contributed by atoms with Crippen molar-refractivity contribution < 1.29 is 63.9 Å². The number of ether oxygens (including phenoxy) is 5. The van der Waals surface area contributed by atoms with E-state index < -0.39 is 42.2 Å². The zero-order valence-corrected chi connectivity index (χ0v) is 76.5. The number of fused-ring (bicyclic) bond motifs is 5. The number of hydrogen-bond donors (Lipinski definition) is 6. The van der Waals surface area contributed by atoms with Crippen LogP contribution < -0.4 is 103 Å². The average molecular weight is 1900 g/mol. The SMILES string of the molecule is COc1ccc(-c2cc(=O)n3cc(N4CCNCC4)ccc3c2)cc1F.COc1ccc(-c2cc(=O)n3cc(N4CCN[C@@H](C)C4)ccc3c2)cc1F.COc1ccc(-c2cc(=O)n3cc(N4CCN[C@@H](C)C4)ccc3n2)cc1OC(F)F.C[C@H]1CN(c2ccc3nc(-c4cc(F)cc(F)c4)cc(=O)n3c2)CCN1.C[C@H]1CN(c2ccc3nc(-c4ccc(O)c(OC(F)F)c4)cc(=O)n3c2)CCN1. The van der Waals surface area contributed by atoms with E-state index in [1.54, 1.807) is 82.0 Å². The van der Waals surface area contributed by atoms with Gasteiger partial charge in [0, 0.05) is 224 Å². The van der Waals surface area contributed by atoms with Gasteiger partial charge in [-0.1, -0.05) is 12.1 Å². The van der Waals surface area contributed by atoms with Gasteiger partial charge in [-0.2, -0.15) is 17.6 Å². The van der Waals surface area contributed by atoms with Crippen LogP contribution in [0.3, 0.4) is 0 Å². The first-order valence-corrected chi connectivity index (χ1v) is 44.9. The van der Waals surface area contributed by atoms with Crippen LogP contribution in [-0.4, -0.2) is 205 Å². The highest BCUT2D eigenvalue weighted by Gasteiger charge is 2.25. The first-order chi connectivity index (χ1) is 66.5. The number of phenolic OH excluding ortho intramolecular Hbond substituents is 1. The molecule has 0 bridgehead atoms. The van der Waals surface area contributed by atoms with Gasteiger partial charge >= 0.3 is 13.2 Å². The predicted octanol–water partition coefficient (Wildman–Crippen LogP) is 13.1. The fourth-order valence-corrected chi connectivity index (χ4v) is 17.3. The summed E-state index contributed by atoms with van der Waals surface area (Å²) in [6.07, 6.45) is 9.06. The van der Waals surface area contributed by atoms with Crippen molar-refractivity contribution in [2.45, 2.75) is 65.1 Å². The summed E-state index contributed by atoms with van der Waals surface area (Å²) < 4.78 is 137. The largest absolute Gasteiger partial charge is 0.504 e. The molecule has 6 N–H and O–H groups in total. The van der Waals surface area contributed by atoms with Crippen LogP contribution in [0.5, 0.6) is 34.5 Å². The van der Waals surface area contributed by atoms with Crippen LogP contribution in [0, 0.1) is 23.3 Å². The fourth-order valence-electron chi connectivity index (χ4n) is 17.3. The zero-order valence-electron chi connectivity index (χ0n) is 76.5. The Balaban J connectivity index is 0.000000125. The molecule has 718 valence electrons. The van der Waals surface area contributed by atoms with Crippen LogP contribution >= 0.6 is 0 Å². The topological polar surface area (TPSA) is 289 Å². The number of methoxy groups -OCH3 is 3. The Morgan fingerprint density at radius 1 is 0.319 bits per heavy atom. The molecule has 4 atom stereocenters. The molecule has 37 heteroatoms. The number of piperazine rings is 5. The molecule has 0 saturated carbocycles. The molecule has 5 aliphatic heterocycles. The van der Waals surface area contributed by atoms with Gasteiger partial charge in [0.1, 0.15) is 28.6 Å². The van der Waals surface area contributed by atoms with E-state index in [2.05, 4.69) is 103 Å². The molecule has 138 heavy (non-hydrogen) atoms. The summed E-state index contributed by atoms with van der Waals surface area (Å²) in [6, 6.07) is 52.4. The lowest BCUT2D eigenvalue weighted by Crippen LogP contribution is -2.49. The second kappa shape index (κ2) is 43.0. The van der Waals surface area contributed by atoms with Gasteiger partial charge in [-0.05, 0) is 196 Å². The van der Waals surface area contributed by atoms with E-state index in [4.69, 9.17) is 14.2 Å². The van der Waals surface area contributed by atoms with Crippen LogP contribution in [0.25, 0.3) is 84.0 Å². The molecule has 0 unspecified atom stereocenters. The Kier molecular flexibility index (Phi) is 30.0. The van der Waals surface area contributed by atoms with Crippen LogP contribution in [0.4, 0.5) is 63.6 Å². The van der Waals surface area contributed by atoms with Crippen molar-refractivity contribution in [3.8, 4) is 90.5 Å². The fraction of sp³-hybridized carbons (Fsp3) is 0.287. The van der Waals surface area contributed by atoms with Gasteiger partial charge in [-0.15, -0.1) is 0 Å². The molecule has 20 rings (SSSR count). The minimum atomic E-state index is -3.07. The van der Waals surface area contributed by atoms with E-state index in [-0.39, 0.29) is 67.8 Å². The van der Waals surface area contributed by atoms with E-state index >= 15 is 0 Å². The maximum Gasteiger partial charge on any atom is 0.387 e. The monoisotopic (exact) mass is 1890 g/mol. The molecular weight excluding hydrogens is 1790 g/mol. The molecule has 29 nitrogen and oxygen atoms in total. The summed E-state index contributed by atoms with van der Waals surface area (Å²) in [5.41, 5.74) is 11.4. The number of anilines is 5. The number of aromatic hydroxyl groups is 1. The van der Waals surface area contributed by atoms with Crippen molar-refractivity contribution >= 4 is 56.4 Å². The minimum Gasteiger partial charge on any atom is -0.504 e. The Bertz CT molecular complexity index is 7270.